The summed E-state index contributed by atoms with van der Waals surface area (Å²) in [5.41, 5.74) is 9.68. The number of H-pyrrole nitrogens is 1. The molecule has 1 amide bonds. The molecular weight excluding hydrogens is 370 g/mol. The Morgan fingerprint density at radius 1 is 1.11 bits per heavy atom. The first-order chi connectivity index (χ1) is 13.2. The maximum Gasteiger partial charge on any atom is 0.220 e. The lowest BCUT2D eigenvalue weighted by Crippen LogP contribution is -2.33. The molecule has 28 heavy (non-hydrogen) atoms. The molecule has 1 unspecified atom stereocenters. The zero-order valence-electron chi connectivity index (χ0n) is 15.9. The van der Waals surface area contributed by atoms with Gasteiger partial charge in [-0.1, -0.05) is 55.0 Å². The number of benzene rings is 2. The number of nitrogens with two attached hydrogens (primary N) is 1. The van der Waals surface area contributed by atoms with Gasteiger partial charge < -0.3 is 16.0 Å². The van der Waals surface area contributed by atoms with Crippen molar-refractivity contribution in [1.29, 1.82) is 0 Å². The zero-order valence-corrected chi connectivity index (χ0v) is 16.8. The van der Waals surface area contributed by atoms with Gasteiger partial charge in [-0.2, -0.15) is 0 Å². The first-order valence-electron chi connectivity index (χ1n) is 9.85. The third-order valence-corrected chi connectivity index (χ3v) is 5.87. The van der Waals surface area contributed by atoms with Gasteiger partial charge in [0.05, 0.1) is 0 Å². The molecule has 2 aromatic carbocycles. The summed E-state index contributed by atoms with van der Waals surface area (Å²) in [4.78, 5) is 15.9. The SMILES string of the molecule is Cl.N[C@@H]1CCC[C@H]1CC(=O)NCC(c1ccccc1)c1c[nH]c2ccccc12. The van der Waals surface area contributed by atoms with Gasteiger partial charge in [0.15, 0.2) is 0 Å². The number of aromatic amines is 1. The number of carbonyl (C=O) groups excluding carboxylic acids is 1. The summed E-state index contributed by atoms with van der Waals surface area (Å²) in [5.74, 6) is 0.551. The quantitative estimate of drug-likeness (QED) is 0.578. The molecule has 1 aromatic heterocycles. The predicted molar refractivity (Wildman–Crippen MR) is 117 cm³/mol. The Morgan fingerprint density at radius 2 is 1.86 bits per heavy atom. The molecule has 4 nitrogen and oxygen atoms in total. The van der Waals surface area contributed by atoms with E-state index < -0.39 is 0 Å². The largest absolute Gasteiger partial charge is 0.361 e. The number of amides is 1. The number of hydrogen-bond donors (Lipinski definition) is 3. The van der Waals surface area contributed by atoms with Crippen LogP contribution in [0, 0.1) is 5.92 Å². The smallest absolute Gasteiger partial charge is 0.220 e. The monoisotopic (exact) mass is 397 g/mol. The topological polar surface area (TPSA) is 70.9 Å². The lowest BCUT2D eigenvalue weighted by Gasteiger charge is -2.20. The highest BCUT2D eigenvalue weighted by atomic mass is 35.5. The molecule has 1 aliphatic rings. The fraction of sp³-hybridized carbons (Fsp3) is 0.348. The average molecular weight is 398 g/mol. The van der Waals surface area contributed by atoms with Crippen LogP contribution in [-0.4, -0.2) is 23.5 Å². The number of halogens is 1. The molecule has 0 aliphatic heterocycles. The van der Waals surface area contributed by atoms with E-state index in [-0.39, 0.29) is 30.3 Å². The van der Waals surface area contributed by atoms with Crippen LogP contribution in [0.2, 0.25) is 0 Å². The average Bonchev–Trinajstić information content (AvgIpc) is 3.30. The third kappa shape index (κ3) is 4.40. The van der Waals surface area contributed by atoms with Gasteiger partial charge in [-0.15, -0.1) is 12.4 Å². The van der Waals surface area contributed by atoms with E-state index in [1.54, 1.807) is 0 Å². The van der Waals surface area contributed by atoms with E-state index in [4.69, 9.17) is 5.73 Å². The third-order valence-electron chi connectivity index (χ3n) is 5.87. The first-order valence-corrected chi connectivity index (χ1v) is 9.85. The van der Waals surface area contributed by atoms with Crippen LogP contribution in [0.3, 0.4) is 0 Å². The van der Waals surface area contributed by atoms with Gasteiger partial charge in [-0.05, 0) is 36.0 Å². The Hall–Kier alpha value is -2.30. The Kier molecular flexibility index (Phi) is 6.76. The second-order valence-electron chi connectivity index (χ2n) is 7.62. The number of fused-ring (bicyclic) bond motifs is 1. The van der Waals surface area contributed by atoms with E-state index >= 15 is 0 Å². The minimum absolute atomic E-state index is 0. The van der Waals surface area contributed by atoms with E-state index in [1.807, 2.05) is 12.1 Å². The van der Waals surface area contributed by atoms with Gasteiger partial charge in [0, 0.05) is 42.0 Å². The van der Waals surface area contributed by atoms with Crippen LogP contribution in [0.5, 0.6) is 0 Å². The van der Waals surface area contributed by atoms with Gasteiger partial charge in [0.25, 0.3) is 0 Å². The van der Waals surface area contributed by atoms with E-state index in [0.29, 0.717) is 18.9 Å². The minimum Gasteiger partial charge on any atom is -0.361 e. The number of para-hydroxylation sites is 1. The maximum absolute atomic E-state index is 12.5. The molecule has 1 saturated carbocycles. The molecule has 0 saturated heterocycles. The van der Waals surface area contributed by atoms with Crippen LogP contribution < -0.4 is 11.1 Å². The van der Waals surface area contributed by atoms with Crippen LogP contribution >= 0.6 is 12.4 Å². The summed E-state index contributed by atoms with van der Waals surface area (Å²) >= 11 is 0. The highest BCUT2D eigenvalue weighted by Crippen LogP contribution is 2.31. The molecule has 3 atom stereocenters. The Labute approximate surface area is 172 Å². The van der Waals surface area contributed by atoms with Crippen molar-refractivity contribution in [3.05, 3.63) is 71.9 Å². The van der Waals surface area contributed by atoms with Crippen LogP contribution in [0.15, 0.2) is 60.8 Å². The molecule has 4 rings (SSSR count). The van der Waals surface area contributed by atoms with Gasteiger partial charge in [0.2, 0.25) is 5.91 Å². The van der Waals surface area contributed by atoms with Crippen LogP contribution in [-0.2, 0) is 4.79 Å². The van der Waals surface area contributed by atoms with Crippen LogP contribution in [0.1, 0.15) is 42.7 Å². The minimum atomic E-state index is 0. The van der Waals surface area contributed by atoms with E-state index in [9.17, 15) is 4.79 Å². The lowest BCUT2D eigenvalue weighted by molar-refractivity contribution is -0.122. The van der Waals surface area contributed by atoms with E-state index in [1.165, 1.54) is 16.5 Å². The van der Waals surface area contributed by atoms with E-state index in [0.717, 1.165) is 24.8 Å². The summed E-state index contributed by atoms with van der Waals surface area (Å²) in [6.45, 7) is 0.590. The molecule has 0 bridgehead atoms. The molecule has 4 N–H and O–H groups in total. The van der Waals surface area contributed by atoms with E-state index in [2.05, 4.69) is 59.0 Å². The fourth-order valence-electron chi connectivity index (χ4n) is 4.32. The number of aromatic nitrogens is 1. The van der Waals surface area contributed by atoms with Gasteiger partial charge in [-0.25, -0.2) is 0 Å². The van der Waals surface area contributed by atoms with Crippen molar-refractivity contribution < 1.29 is 4.79 Å². The molecule has 5 heteroatoms. The predicted octanol–water partition coefficient (Wildman–Crippen LogP) is 4.36. The van der Waals surface area contributed by atoms with Gasteiger partial charge >= 0.3 is 0 Å². The normalized spacial score (nSPS) is 19.9. The molecule has 0 radical (unpaired) electrons. The summed E-state index contributed by atoms with van der Waals surface area (Å²) < 4.78 is 0. The van der Waals surface area contributed by atoms with Gasteiger partial charge in [0.1, 0.15) is 0 Å². The standard InChI is InChI=1S/C23H27N3O.ClH/c24-21-11-6-9-17(21)13-23(27)26-14-19(16-7-2-1-3-8-16)20-15-25-22-12-5-4-10-18(20)22;/h1-5,7-8,10,12,15,17,19,21,25H,6,9,11,13-14,24H2,(H,26,27);1H/t17-,19?,21+;/m0./s1. The number of hydrogen-bond acceptors (Lipinski definition) is 2. The van der Waals surface area contributed by atoms with Crippen molar-refractivity contribution in [2.45, 2.75) is 37.6 Å². The second kappa shape index (κ2) is 9.26. The molecule has 1 fully saturated rings. The second-order valence-corrected chi connectivity index (χ2v) is 7.62. The molecule has 148 valence electrons. The van der Waals surface area contributed by atoms with Crippen molar-refractivity contribution in [2.75, 3.05) is 6.54 Å². The van der Waals surface area contributed by atoms with Crippen molar-refractivity contribution >= 4 is 29.2 Å². The summed E-state index contributed by atoms with van der Waals surface area (Å²) in [7, 11) is 0. The molecular formula is C23H28ClN3O. The molecule has 0 spiro atoms. The molecule has 1 aliphatic carbocycles. The van der Waals surface area contributed by atoms with Gasteiger partial charge in [-0.3, -0.25) is 4.79 Å². The Bertz CT molecular complexity index is 908. The lowest BCUT2D eigenvalue weighted by atomic mass is 9.90. The van der Waals surface area contributed by atoms with Crippen LogP contribution in [0.4, 0.5) is 0 Å². The number of nitrogens with one attached hydrogen (secondary N) is 2. The maximum atomic E-state index is 12.5. The fourth-order valence-corrected chi connectivity index (χ4v) is 4.32. The molecule has 3 aromatic rings. The summed E-state index contributed by atoms with van der Waals surface area (Å²) in [6.07, 6.45) is 5.86. The summed E-state index contributed by atoms with van der Waals surface area (Å²) in [5, 5.41) is 4.38. The van der Waals surface area contributed by atoms with Crippen molar-refractivity contribution in [3.8, 4) is 0 Å². The number of carbonyl (C=O) groups is 1. The zero-order chi connectivity index (χ0) is 18.6. The highest BCUT2D eigenvalue weighted by Gasteiger charge is 2.26. The Balaban J connectivity index is 0.00000225. The number of rotatable bonds is 6. The van der Waals surface area contributed by atoms with Crippen molar-refractivity contribution in [3.63, 3.8) is 0 Å². The summed E-state index contributed by atoms with van der Waals surface area (Å²) in [6, 6.07) is 18.9. The molecule has 1 heterocycles. The first kappa shape index (κ1) is 20.4. The Morgan fingerprint density at radius 3 is 2.61 bits per heavy atom. The van der Waals surface area contributed by atoms with Crippen molar-refractivity contribution in [2.24, 2.45) is 11.7 Å². The van der Waals surface area contributed by atoms with Crippen LogP contribution in [0.25, 0.3) is 10.9 Å². The van der Waals surface area contributed by atoms with Crippen molar-refractivity contribution in [1.82, 2.24) is 10.3 Å². The highest BCUT2D eigenvalue weighted by molar-refractivity contribution is 5.85.